The van der Waals surface area contributed by atoms with Gasteiger partial charge in [-0.15, -0.1) is 11.8 Å². The van der Waals surface area contributed by atoms with Gasteiger partial charge in [0.1, 0.15) is 0 Å². The second-order valence-corrected chi connectivity index (χ2v) is 5.36. The normalized spacial score (nSPS) is 10.4. The maximum absolute atomic E-state index is 11.1. The van der Waals surface area contributed by atoms with Crippen molar-refractivity contribution in [2.24, 2.45) is 0 Å². The highest BCUT2D eigenvalue weighted by Crippen LogP contribution is 2.28. The summed E-state index contributed by atoms with van der Waals surface area (Å²) in [6.45, 7) is 2.04. The number of benzene rings is 2. The highest BCUT2D eigenvalue weighted by Gasteiger charge is 2.10. The number of nitrogens with two attached hydrogens (primary N) is 1. The van der Waals surface area contributed by atoms with Crippen LogP contribution in [-0.4, -0.2) is 11.1 Å². The van der Waals surface area contributed by atoms with E-state index in [4.69, 9.17) is 10.8 Å². The Morgan fingerprint density at radius 2 is 2.05 bits per heavy atom. The Morgan fingerprint density at radius 1 is 1.26 bits per heavy atom. The van der Waals surface area contributed by atoms with Gasteiger partial charge < -0.3 is 10.8 Å². The molecule has 2 rings (SSSR count). The van der Waals surface area contributed by atoms with E-state index in [1.165, 1.54) is 22.9 Å². The van der Waals surface area contributed by atoms with Crippen molar-refractivity contribution in [1.29, 1.82) is 0 Å². The molecule has 0 atom stereocenters. The summed E-state index contributed by atoms with van der Waals surface area (Å²) in [5.41, 5.74) is 8.96. The molecule has 0 aliphatic heterocycles. The first-order valence-corrected chi connectivity index (χ1v) is 6.86. The molecular formula is C15H15NO2S. The molecule has 0 amide bonds. The minimum Gasteiger partial charge on any atom is -0.478 e. The minimum absolute atomic E-state index is 0.298. The van der Waals surface area contributed by atoms with Gasteiger partial charge in [-0.2, -0.15) is 0 Å². The molecule has 0 fully saturated rings. The molecule has 4 heteroatoms. The van der Waals surface area contributed by atoms with Gasteiger partial charge >= 0.3 is 5.97 Å². The van der Waals surface area contributed by atoms with Crippen LogP contribution >= 0.6 is 11.8 Å². The molecular weight excluding hydrogens is 258 g/mol. The number of hydrogen-bond acceptors (Lipinski definition) is 3. The molecule has 0 heterocycles. The van der Waals surface area contributed by atoms with E-state index < -0.39 is 5.97 Å². The molecule has 3 nitrogen and oxygen atoms in total. The lowest BCUT2D eigenvalue weighted by molar-refractivity contribution is 0.0693. The van der Waals surface area contributed by atoms with Gasteiger partial charge in [-0.25, -0.2) is 4.79 Å². The van der Waals surface area contributed by atoms with Gasteiger partial charge in [-0.1, -0.05) is 29.8 Å². The molecule has 0 aromatic heterocycles. The van der Waals surface area contributed by atoms with Gasteiger partial charge in [-0.05, 0) is 30.7 Å². The molecule has 19 heavy (non-hydrogen) atoms. The van der Waals surface area contributed by atoms with Crippen molar-refractivity contribution < 1.29 is 9.90 Å². The fraction of sp³-hybridized carbons (Fsp3) is 0.133. The molecule has 3 N–H and O–H groups in total. The average molecular weight is 273 g/mol. The molecule has 0 aliphatic carbocycles. The van der Waals surface area contributed by atoms with Crippen LogP contribution in [0.3, 0.4) is 0 Å². The molecule has 2 aromatic carbocycles. The number of nitrogen functional groups attached to an aromatic ring is 1. The Balaban J connectivity index is 2.19. The largest absolute Gasteiger partial charge is 0.478 e. The molecule has 2 aromatic rings. The van der Waals surface area contributed by atoms with Gasteiger partial charge in [0.05, 0.1) is 5.56 Å². The van der Waals surface area contributed by atoms with Crippen molar-refractivity contribution in [2.45, 2.75) is 17.6 Å². The second kappa shape index (κ2) is 5.80. The van der Waals surface area contributed by atoms with Crippen molar-refractivity contribution in [3.8, 4) is 0 Å². The van der Waals surface area contributed by atoms with E-state index in [0.29, 0.717) is 16.1 Å². The average Bonchev–Trinajstić information content (AvgIpc) is 2.36. The van der Waals surface area contributed by atoms with Gasteiger partial charge in [0, 0.05) is 16.3 Å². The molecule has 0 radical (unpaired) electrons. The maximum atomic E-state index is 11.1. The van der Waals surface area contributed by atoms with E-state index in [0.717, 1.165) is 5.75 Å². The number of aryl methyl sites for hydroxylation is 1. The standard InChI is InChI=1S/C15H15NO2S/c1-10-3-2-4-11(7-10)9-19-14-8-12(16)5-6-13(14)15(17)18/h2-8H,9,16H2,1H3,(H,17,18). The van der Waals surface area contributed by atoms with Crippen molar-refractivity contribution in [2.75, 3.05) is 5.73 Å². The zero-order valence-electron chi connectivity index (χ0n) is 10.6. The summed E-state index contributed by atoms with van der Waals surface area (Å²) in [4.78, 5) is 11.8. The number of carbonyl (C=O) groups is 1. The van der Waals surface area contributed by atoms with Crippen LogP contribution in [0.4, 0.5) is 5.69 Å². The number of thioether (sulfide) groups is 1. The summed E-state index contributed by atoms with van der Waals surface area (Å²) < 4.78 is 0. The highest BCUT2D eigenvalue weighted by molar-refractivity contribution is 7.98. The lowest BCUT2D eigenvalue weighted by atomic mass is 10.2. The first kappa shape index (κ1) is 13.5. The minimum atomic E-state index is -0.924. The lowest BCUT2D eigenvalue weighted by Crippen LogP contribution is -2.00. The highest BCUT2D eigenvalue weighted by atomic mass is 32.2. The molecule has 0 aliphatic rings. The number of hydrogen-bond donors (Lipinski definition) is 2. The summed E-state index contributed by atoms with van der Waals surface area (Å²) in [5.74, 6) is -0.197. The van der Waals surface area contributed by atoms with Crippen LogP contribution in [-0.2, 0) is 5.75 Å². The Labute approximate surface area is 116 Å². The zero-order chi connectivity index (χ0) is 13.8. The molecule has 0 saturated heterocycles. The number of rotatable bonds is 4. The lowest BCUT2D eigenvalue weighted by Gasteiger charge is -2.07. The fourth-order valence-corrected chi connectivity index (χ4v) is 2.83. The third-order valence-electron chi connectivity index (χ3n) is 2.71. The van der Waals surface area contributed by atoms with Crippen molar-refractivity contribution in [3.63, 3.8) is 0 Å². The number of carboxylic acid groups (broad SMARTS) is 1. The van der Waals surface area contributed by atoms with Gasteiger partial charge in [0.2, 0.25) is 0 Å². The van der Waals surface area contributed by atoms with Crippen molar-refractivity contribution in [1.82, 2.24) is 0 Å². The van der Waals surface area contributed by atoms with Crippen molar-refractivity contribution >= 4 is 23.4 Å². The smallest absolute Gasteiger partial charge is 0.336 e. The first-order valence-electron chi connectivity index (χ1n) is 5.87. The van der Waals surface area contributed by atoms with E-state index in [1.54, 1.807) is 18.2 Å². The Hall–Kier alpha value is -1.94. The third-order valence-corrected chi connectivity index (χ3v) is 3.84. The predicted octanol–water partition coefficient (Wildman–Crippen LogP) is 3.57. The van der Waals surface area contributed by atoms with Crippen LogP contribution in [0, 0.1) is 6.92 Å². The van der Waals surface area contributed by atoms with Crippen LogP contribution in [0.1, 0.15) is 21.5 Å². The van der Waals surface area contributed by atoms with Crippen LogP contribution < -0.4 is 5.73 Å². The fourth-order valence-electron chi connectivity index (χ4n) is 1.80. The van der Waals surface area contributed by atoms with E-state index in [2.05, 4.69) is 6.07 Å². The monoisotopic (exact) mass is 273 g/mol. The van der Waals surface area contributed by atoms with Crippen LogP contribution in [0.2, 0.25) is 0 Å². The number of aromatic carboxylic acids is 1. The molecule has 98 valence electrons. The van der Waals surface area contributed by atoms with Crippen molar-refractivity contribution in [3.05, 3.63) is 59.2 Å². The Kier molecular flexibility index (Phi) is 4.12. The zero-order valence-corrected chi connectivity index (χ0v) is 11.4. The summed E-state index contributed by atoms with van der Waals surface area (Å²) in [6.07, 6.45) is 0. The third kappa shape index (κ3) is 3.51. The van der Waals surface area contributed by atoms with Gasteiger partial charge in [0.15, 0.2) is 0 Å². The molecule has 0 saturated carbocycles. The second-order valence-electron chi connectivity index (χ2n) is 4.34. The van der Waals surface area contributed by atoms with Crippen LogP contribution in [0.25, 0.3) is 0 Å². The van der Waals surface area contributed by atoms with Crippen LogP contribution in [0.15, 0.2) is 47.4 Å². The van der Waals surface area contributed by atoms with Gasteiger partial charge in [0.25, 0.3) is 0 Å². The number of carboxylic acids is 1. The molecule has 0 spiro atoms. The topological polar surface area (TPSA) is 63.3 Å². The van der Waals surface area contributed by atoms with E-state index in [9.17, 15) is 4.79 Å². The van der Waals surface area contributed by atoms with E-state index >= 15 is 0 Å². The van der Waals surface area contributed by atoms with E-state index in [-0.39, 0.29) is 0 Å². The summed E-state index contributed by atoms with van der Waals surface area (Å²) in [6, 6.07) is 13.0. The van der Waals surface area contributed by atoms with Gasteiger partial charge in [-0.3, -0.25) is 0 Å². The number of anilines is 1. The van der Waals surface area contributed by atoms with Crippen LogP contribution in [0.5, 0.6) is 0 Å². The molecule has 0 bridgehead atoms. The molecule has 0 unspecified atom stereocenters. The Bertz CT molecular complexity index is 611. The first-order chi connectivity index (χ1) is 9.06. The quantitative estimate of drug-likeness (QED) is 0.660. The SMILES string of the molecule is Cc1cccc(CSc2cc(N)ccc2C(=O)O)c1. The summed E-state index contributed by atoms with van der Waals surface area (Å²) in [7, 11) is 0. The van der Waals surface area contributed by atoms with E-state index in [1.807, 2.05) is 25.1 Å². The summed E-state index contributed by atoms with van der Waals surface area (Å²) >= 11 is 1.49. The summed E-state index contributed by atoms with van der Waals surface area (Å²) in [5, 5.41) is 9.14. The maximum Gasteiger partial charge on any atom is 0.336 e. The predicted molar refractivity (Wildman–Crippen MR) is 78.6 cm³/mol. The Morgan fingerprint density at radius 3 is 2.74 bits per heavy atom.